The van der Waals surface area contributed by atoms with E-state index in [9.17, 15) is 0 Å². The highest BCUT2D eigenvalue weighted by Crippen LogP contribution is 2.22. The molecule has 2 heterocycles. The number of aromatic nitrogens is 1. The quantitative estimate of drug-likeness (QED) is 0.835. The molecule has 0 unspecified atom stereocenters. The maximum absolute atomic E-state index is 4.55. The summed E-state index contributed by atoms with van der Waals surface area (Å²) in [5.74, 6) is 0. The predicted octanol–water partition coefficient (Wildman–Crippen LogP) is 4.31. The molecule has 0 saturated carbocycles. The van der Waals surface area contributed by atoms with Crippen LogP contribution in [0.2, 0.25) is 0 Å². The van der Waals surface area contributed by atoms with E-state index in [4.69, 9.17) is 0 Å². The first-order valence-electron chi connectivity index (χ1n) is 8.24. The van der Waals surface area contributed by atoms with Gasteiger partial charge in [0.15, 0.2) is 0 Å². The molecular weight excluding hydrogens is 268 g/mol. The molecule has 0 bridgehead atoms. The van der Waals surface area contributed by atoms with Crippen molar-refractivity contribution in [1.82, 2.24) is 9.88 Å². The molecule has 1 aromatic heterocycles. The lowest BCUT2D eigenvalue weighted by Crippen LogP contribution is -2.29. The Bertz CT molecular complexity index is 608. The maximum Gasteiger partial charge on any atom is 0.0705 e. The van der Waals surface area contributed by atoms with Crippen molar-refractivity contribution >= 4 is 5.57 Å². The first kappa shape index (κ1) is 15.0. The van der Waals surface area contributed by atoms with E-state index in [1.165, 1.54) is 49.1 Å². The van der Waals surface area contributed by atoms with Crippen LogP contribution in [0.15, 0.2) is 54.7 Å². The van der Waals surface area contributed by atoms with E-state index in [1.807, 2.05) is 12.3 Å². The van der Waals surface area contributed by atoms with Gasteiger partial charge in [0.05, 0.1) is 5.69 Å². The molecule has 3 rings (SSSR count). The van der Waals surface area contributed by atoms with Crippen LogP contribution in [0.5, 0.6) is 0 Å². The summed E-state index contributed by atoms with van der Waals surface area (Å²) in [6.07, 6.45) is 8.26. The molecule has 1 fully saturated rings. The maximum atomic E-state index is 4.55. The molecule has 0 N–H and O–H groups in total. The number of piperidine rings is 1. The summed E-state index contributed by atoms with van der Waals surface area (Å²) in [5, 5.41) is 0. The van der Waals surface area contributed by atoms with Crippen molar-refractivity contribution in [2.24, 2.45) is 0 Å². The second-order valence-electron chi connectivity index (χ2n) is 6.06. The third kappa shape index (κ3) is 3.83. The van der Waals surface area contributed by atoms with Crippen molar-refractivity contribution in [3.63, 3.8) is 0 Å². The fourth-order valence-corrected chi connectivity index (χ4v) is 2.99. The lowest BCUT2D eigenvalue weighted by atomic mass is 10.00. The Morgan fingerprint density at radius 2 is 1.82 bits per heavy atom. The highest BCUT2D eigenvalue weighted by Gasteiger charge is 2.10. The normalized spacial score (nSPS) is 16.7. The lowest BCUT2D eigenvalue weighted by Gasteiger charge is -2.25. The van der Waals surface area contributed by atoms with Crippen LogP contribution < -0.4 is 0 Å². The molecule has 1 aromatic carbocycles. The van der Waals surface area contributed by atoms with E-state index in [0.717, 1.165) is 12.2 Å². The van der Waals surface area contributed by atoms with E-state index >= 15 is 0 Å². The first-order chi connectivity index (χ1) is 10.8. The van der Waals surface area contributed by atoms with Crippen LogP contribution in [-0.4, -0.2) is 29.5 Å². The molecule has 2 nitrogen and oxygen atoms in total. The molecule has 2 heteroatoms. The molecule has 114 valence electrons. The number of likely N-dealkylation sites (tertiary alicyclic amines) is 1. The van der Waals surface area contributed by atoms with Crippen molar-refractivity contribution in [3.8, 4) is 0 Å². The number of nitrogens with zero attached hydrogens (tertiary/aromatic N) is 2. The Morgan fingerprint density at radius 3 is 2.50 bits per heavy atom. The van der Waals surface area contributed by atoms with Gasteiger partial charge in [0, 0.05) is 18.3 Å². The first-order valence-corrected chi connectivity index (χ1v) is 8.24. The second-order valence-corrected chi connectivity index (χ2v) is 6.06. The van der Waals surface area contributed by atoms with Crippen molar-refractivity contribution in [3.05, 3.63) is 71.6 Å². The molecule has 1 aliphatic heterocycles. The van der Waals surface area contributed by atoms with E-state index < -0.39 is 0 Å². The van der Waals surface area contributed by atoms with Gasteiger partial charge in [0.25, 0.3) is 0 Å². The molecule has 0 atom stereocenters. The topological polar surface area (TPSA) is 16.1 Å². The van der Waals surface area contributed by atoms with Crippen molar-refractivity contribution in [2.75, 3.05) is 19.6 Å². The largest absolute Gasteiger partial charge is 0.300 e. The fourth-order valence-electron chi connectivity index (χ4n) is 2.99. The highest BCUT2D eigenvalue weighted by atomic mass is 15.1. The van der Waals surface area contributed by atoms with Crippen LogP contribution >= 0.6 is 0 Å². The van der Waals surface area contributed by atoms with Gasteiger partial charge in [-0.05, 0) is 50.6 Å². The molecule has 0 aliphatic carbocycles. The van der Waals surface area contributed by atoms with Crippen molar-refractivity contribution < 1.29 is 0 Å². The fraction of sp³-hybridized carbons (Fsp3) is 0.350. The van der Waals surface area contributed by atoms with Gasteiger partial charge in [-0.3, -0.25) is 9.88 Å². The molecule has 0 amide bonds. The average molecular weight is 292 g/mol. The van der Waals surface area contributed by atoms with Gasteiger partial charge in [-0.15, -0.1) is 0 Å². The number of rotatable bonds is 4. The van der Waals surface area contributed by atoms with E-state index in [2.05, 4.69) is 59.3 Å². The van der Waals surface area contributed by atoms with Crippen LogP contribution in [0.25, 0.3) is 5.57 Å². The number of hydrogen-bond donors (Lipinski definition) is 0. The minimum atomic E-state index is 1.01. The van der Waals surface area contributed by atoms with Crippen LogP contribution in [0.3, 0.4) is 0 Å². The number of pyridine rings is 1. The summed E-state index contributed by atoms with van der Waals surface area (Å²) in [6.45, 7) is 5.58. The van der Waals surface area contributed by atoms with Gasteiger partial charge in [0.2, 0.25) is 0 Å². The van der Waals surface area contributed by atoms with E-state index in [0.29, 0.717) is 0 Å². The zero-order valence-electron chi connectivity index (χ0n) is 13.3. The third-order valence-electron chi connectivity index (χ3n) is 4.31. The summed E-state index contributed by atoms with van der Waals surface area (Å²) in [5.41, 5.74) is 4.84. The Morgan fingerprint density at radius 1 is 1.05 bits per heavy atom. The Kier molecular flexibility index (Phi) is 5.02. The van der Waals surface area contributed by atoms with E-state index in [-0.39, 0.29) is 0 Å². The number of aryl methyl sites for hydroxylation is 1. The van der Waals surface area contributed by atoms with Gasteiger partial charge >= 0.3 is 0 Å². The zero-order chi connectivity index (χ0) is 15.2. The molecule has 0 radical (unpaired) electrons. The van der Waals surface area contributed by atoms with Crippen LogP contribution in [0, 0.1) is 6.92 Å². The van der Waals surface area contributed by atoms with Crippen LogP contribution in [0.1, 0.15) is 36.1 Å². The summed E-state index contributed by atoms with van der Waals surface area (Å²) >= 11 is 0. The SMILES string of the molecule is Cc1ccc(C(=CCN2CCCCC2)c2ccccn2)cc1. The summed E-state index contributed by atoms with van der Waals surface area (Å²) in [4.78, 5) is 7.10. The summed E-state index contributed by atoms with van der Waals surface area (Å²) in [7, 11) is 0. The second kappa shape index (κ2) is 7.37. The monoisotopic (exact) mass is 292 g/mol. The number of hydrogen-bond acceptors (Lipinski definition) is 2. The number of benzene rings is 1. The van der Waals surface area contributed by atoms with Gasteiger partial charge in [-0.2, -0.15) is 0 Å². The van der Waals surface area contributed by atoms with Crippen molar-refractivity contribution in [1.29, 1.82) is 0 Å². The highest BCUT2D eigenvalue weighted by molar-refractivity contribution is 5.78. The molecule has 1 aliphatic rings. The summed E-state index contributed by atoms with van der Waals surface area (Å²) in [6, 6.07) is 14.9. The average Bonchev–Trinajstić information content (AvgIpc) is 2.58. The molecular formula is C20H24N2. The minimum Gasteiger partial charge on any atom is -0.300 e. The Labute approximate surface area is 133 Å². The van der Waals surface area contributed by atoms with Crippen molar-refractivity contribution in [2.45, 2.75) is 26.2 Å². The Balaban J connectivity index is 1.87. The third-order valence-corrected chi connectivity index (χ3v) is 4.31. The Hall–Kier alpha value is -1.93. The zero-order valence-corrected chi connectivity index (χ0v) is 13.3. The molecule has 2 aromatic rings. The lowest BCUT2D eigenvalue weighted by molar-refractivity contribution is 0.252. The standard InChI is InChI=1S/C20H24N2/c1-17-8-10-18(11-9-17)19(20-7-3-4-13-21-20)12-16-22-14-5-2-6-15-22/h3-4,7-13H,2,5-6,14-16H2,1H3. The van der Waals surface area contributed by atoms with Gasteiger partial charge in [-0.1, -0.05) is 48.4 Å². The molecule has 22 heavy (non-hydrogen) atoms. The molecule has 1 saturated heterocycles. The smallest absolute Gasteiger partial charge is 0.0705 e. The summed E-state index contributed by atoms with van der Waals surface area (Å²) < 4.78 is 0. The predicted molar refractivity (Wildman–Crippen MR) is 92.8 cm³/mol. The van der Waals surface area contributed by atoms with Gasteiger partial charge < -0.3 is 0 Å². The van der Waals surface area contributed by atoms with Crippen LogP contribution in [-0.2, 0) is 0 Å². The van der Waals surface area contributed by atoms with E-state index in [1.54, 1.807) is 0 Å². The van der Waals surface area contributed by atoms with Crippen LogP contribution in [0.4, 0.5) is 0 Å². The van der Waals surface area contributed by atoms with Gasteiger partial charge in [-0.25, -0.2) is 0 Å². The van der Waals surface area contributed by atoms with Gasteiger partial charge in [0.1, 0.15) is 0 Å². The molecule has 0 spiro atoms. The minimum absolute atomic E-state index is 1.01.